The highest BCUT2D eigenvalue weighted by Gasteiger charge is 2.38. The minimum Gasteiger partial charge on any atom is -0.496 e. The van der Waals surface area contributed by atoms with Crippen molar-refractivity contribution in [3.05, 3.63) is 166 Å². The first-order chi connectivity index (χ1) is 35.4. The summed E-state index contributed by atoms with van der Waals surface area (Å²) in [6.07, 6.45) is 9.17. The monoisotopic (exact) mass is 988 g/mol. The van der Waals surface area contributed by atoms with Crippen LogP contribution in [0.15, 0.2) is 121 Å². The van der Waals surface area contributed by atoms with Crippen molar-refractivity contribution in [1.29, 1.82) is 0 Å². The number of piperidine rings is 2. The molecule has 0 amide bonds. The second-order valence-electron chi connectivity index (χ2n) is 18.4. The number of likely N-dealkylation sites (tertiary alicyclic amines) is 2. The highest BCUT2D eigenvalue weighted by Crippen LogP contribution is 2.37. The normalized spacial score (nSPS) is 18.2. The Labute approximate surface area is 429 Å². The molecule has 0 aliphatic carbocycles. The molecule has 382 valence electrons. The van der Waals surface area contributed by atoms with E-state index in [4.69, 9.17) is 23.7 Å². The Morgan fingerprint density at radius 3 is 1.29 bits per heavy atom. The van der Waals surface area contributed by atoms with E-state index in [9.17, 15) is 24.9 Å². The van der Waals surface area contributed by atoms with Crippen molar-refractivity contribution in [3.63, 3.8) is 0 Å². The largest absolute Gasteiger partial charge is 0.496 e. The van der Waals surface area contributed by atoms with Crippen molar-refractivity contribution in [1.82, 2.24) is 9.80 Å². The third-order valence-electron chi connectivity index (χ3n) is 13.9. The molecule has 0 spiro atoms. The molecule has 73 heavy (non-hydrogen) atoms. The van der Waals surface area contributed by atoms with Gasteiger partial charge < -0.3 is 39.0 Å². The lowest BCUT2D eigenvalue weighted by Gasteiger charge is -2.37. The molecular weight excluding hydrogens is 921 g/mol. The number of aliphatic hydroxyl groups is 2. The van der Waals surface area contributed by atoms with Crippen LogP contribution in [0.1, 0.15) is 70.2 Å². The topological polar surface area (TPSA) is 147 Å². The molecule has 2 aliphatic heterocycles. The lowest BCUT2D eigenvalue weighted by molar-refractivity contribution is -0.154. The van der Waals surface area contributed by atoms with Gasteiger partial charge in [0.25, 0.3) is 0 Å². The number of hydrogen-bond donors (Lipinski definition) is 3. The minimum absolute atomic E-state index is 0.308. The van der Waals surface area contributed by atoms with Crippen LogP contribution >= 0.6 is 0 Å². The molecule has 2 saturated heterocycles. The molecule has 8 rings (SSSR count). The molecule has 0 bridgehead atoms. The van der Waals surface area contributed by atoms with Crippen molar-refractivity contribution in [2.24, 2.45) is 0 Å². The number of nitrogens with zero attached hydrogens (tertiary/aromatic N) is 2. The summed E-state index contributed by atoms with van der Waals surface area (Å²) < 4.78 is 27.9. The average molecular weight is 989 g/mol. The first-order valence-electron chi connectivity index (χ1n) is 24.7. The van der Waals surface area contributed by atoms with Crippen LogP contribution in [0, 0.1) is 13.8 Å². The standard InChI is InChI=1S/C31H35NO5.C30H33NO5/c1-21-23(12-8-13-25(21)24-10-6-5-7-11-24)16-15-22-18-28(35-2)26(29(19-22)36-3)20-32-17-9-14-27(33)30(32)31(34)37-4;1-20-22(11-7-12-24(20)23-9-5-4-6-10-23)15-14-21-17-27(35-2)25(28(18-21)36-3)19-31-16-8-13-26(32)29(31)30(33)34/h5-8,10-13,15-16,18-19,27,30,33H,9,14,17,20H2,1-4H3;4-7,9-12,14-15,17-18,26,29,32H,8,13,16,19H2,1-3H3,(H,33,34)/b16-15+;15-14+. The van der Waals surface area contributed by atoms with Crippen LogP contribution in [0.5, 0.6) is 23.0 Å². The van der Waals surface area contributed by atoms with Crippen molar-refractivity contribution in [3.8, 4) is 45.3 Å². The molecule has 6 aromatic rings. The molecule has 4 unspecified atom stereocenters. The van der Waals surface area contributed by atoms with Crippen molar-refractivity contribution >= 4 is 36.2 Å². The van der Waals surface area contributed by atoms with E-state index in [2.05, 4.69) is 98.8 Å². The first kappa shape index (κ1) is 53.6. The fourth-order valence-corrected chi connectivity index (χ4v) is 10.0. The van der Waals surface area contributed by atoms with Gasteiger partial charge in [0, 0.05) is 13.1 Å². The molecule has 2 heterocycles. The maximum atomic E-state index is 12.4. The predicted molar refractivity (Wildman–Crippen MR) is 289 cm³/mol. The molecule has 0 aromatic heterocycles. The summed E-state index contributed by atoms with van der Waals surface area (Å²) in [5, 5.41) is 30.5. The number of carboxylic acid groups (broad SMARTS) is 1. The Morgan fingerprint density at radius 2 is 0.918 bits per heavy atom. The quantitative estimate of drug-likeness (QED) is 0.0626. The molecule has 2 aliphatic rings. The number of carbonyl (C=O) groups is 2. The SMILES string of the molecule is COC(=O)C1C(O)CCCN1Cc1c(OC)cc(/C=C/c2cccc(-c3ccccc3)c2C)cc1OC.COc1cc(/C=C/c2cccc(-c3ccccc3)c2C)cc(OC)c1CN1CCCC(O)C1C(=O)O. The van der Waals surface area contributed by atoms with Gasteiger partial charge in [0.05, 0.1) is 58.9 Å². The van der Waals surface area contributed by atoms with E-state index in [1.54, 1.807) is 33.3 Å². The molecular formula is C61H68N2O10. The van der Waals surface area contributed by atoms with E-state index in [0.717, 1.165) is 46.2 Å². The van der Waals surface area contributed by atoms with Crippen LogP contribution in [-0.4, -0.2) is 110 Å². The number of carbonyl (C=O) groups excluding carboxylic acids is 1. The van der Waals surface area contributed by atoms with Crippen LogP contribution in [0.4, 0.5) is 0 Å². The van der Waals surface area contributed by atoms with E-state index >= 15 is 0 Å². The van der Waals surface area contributed by atoms with Crippen molar-refractivity contribution < 1.29 is 48.6 Å². The van der Waals surface area contributed by atoms with Crippen LogP contribution in [0.3, 0.4) is 0 Å². The molecule has 0 saturated carbocycles. The van der Waals surface area contributed by atoms with Crippen molar-refractivity contribution in [2.45, 2.75) is 76.9 Å². The van der Waals surface area contributed by atoms with E-state index in [1.165, 1.54) is 40.5 Å². The van der Waals surface area contributed by atoms with Gasteiger partial charge in [-0.25, -0.2) is 0 Å². The lowest BCUT2D eigenvalue weighted by Crippen LogP contribution is -2.52. The van der Waals surface area contributed by atoms with Crippen LogP contribution < -0.4 is 18.9 Å². The molecule has 12 heteroatoms. The van der Waals surface area contributed by atoms with Gasteiger partial charge in [0.15, 0.2) is 0 Å². The van der Waals surface area contributed by atoms with Crippen LogP contribution in [0.25, 0.3) is 46.6 Å². The Morgan fingerprint density at radius 1 is 0.534 bits per heavy atom. The first-order valence-corrected chi connectivity index (χ1v) is 24.7. The molecule has 0 radical (unpaired) electrons. The number of rotatable bonds is 16. The third kappa shape index (κ3) is 12.9. The lowest BCUT2D eigenvalue weighted by atomic mass is 9.95. The smallest absolute Gasteiger partial charge is 0.325 e. The Bertz CT molecular complexity index is 2830. The number of carboxylic acids is 1. The highest BCUT2D eigenvalue weighted by molar-refractivity contribution is 5.80. The summed E-state index contributed by atoms with van der Waals surface area (Å²) >= 11 is 0. The second kappa shape index (κ2) is 25.4. The second-order valence-corrected chi connectivity index (χ2v) is 18.4. The number of hydrogen-bond acceptors (Lipinski definition) is 11. The van der Waals surface area contributed by atoms with Gasteiger partial charge in [-0.15, -0.1) is 0 Å². The maximum Gasteiger partial charge on any atom is 0.325 e. The number of aliphatic hydroxyl groups excluding tert-OH is 2. The fraction of sp³-hybridized carbons (Fsp3) is 0.311. The van der Waals surface area contributed by atoms with Gasteiger partial charge >= 0.3 is 11.9 Å². The third-order valence-corrected chi connectivity index (χ3v) is 13.9. The zero-order valence-electron chi connectivity index (χ0n) is 42.9. The molecule has 6 aromatic carbocycles. The van der Waals surface area contributed by atoms with Gasteiger partial charge in [-0.2, -0.15) is 0 Å². The zero-order chi connectivity index (χ0) is 52.0. The van der Waals surface area contributed by atoms with Gasteiger partial charge in [-0.05, 0) is 133 Å². The number of methoxy groups -OCH3 is 5. The average Bonchev–Trinajstić information content (AvgIpc) is 3.41. The number of benzene rings is 6. The Balaban J connectivity index is 0.000000214. The number of esters is 1. The van der Waals surface area contributed by atoms with Crippen LogP contribution in [-0.2, 0) is 27.4 Å². The van der Waals surface area contributed by atoms with E-state index in [-0.39, 0.29) is 0 Å². The minimum atomic E-state index is -1.02. The molecule has 2 fully saturated rings. The van der Waals surface area contributed by atoms with E-state index in [0.29, 0.717) is 62.0 Å². The van der Waals surface area contributed by atoms with Gasteiger partial charge in [-0.1, -0.05) is 121 Å². The summed E-state index contributed by atoms with van der Waals surface area (Å²) in [6.45, 7) is 6.21. The molecule has 4 atom stereocenters. The van der Waals surface area contributed by atoms with E-state index < -0.39 is 36.2 Å². The maximum absolute atomic E-state index is 12.4. The Hall–Kier alpha value is -7.22. The predicted octanol–water partition coefficient (Wildman–Crippen LogP) is 10.6. The Kier molecular flexibility index (Phi) is 18.7. The van der Waals surface area contributed by atoms with Gasteiger partial charge in [-0.3, -0.25) is 19.4 Å². The van der Waals surface area contributed by atoms with Crippen LogP contribution in [0.2, 0.25) is 0 Å². The fourth-order valence-electron chi connectivity index (χ4n) is 10.0. The number of aliphatic carboxylic acids is 1. The van der Waals surface area contributed by atoms with E-state index in [1.807, 2.05) is 65.6 Å². The summed E-state index contributed by atoms with van der Waals surface area (Å²) in [7, 11) is 7.80. The summed E-state index contributed by atoms with van der Waals surface area (Å²) in [5.74, 6) is 1.11. The van der Waals surface area contributed by atoms with Gasteiger partial charge in [0.1, 0.15) is 35.1 Å². The zero-order valence-corrected chi connectivity index (χ0v) is 42.9. The summed E-state index contributed by atoms with van der Waals surface area (Å²) in [5.41, 5.74) is 12.9. The summed E-state index contributed by atoms with van der Waals surface area (Å²) in [4.78, 5) is 27.9. The highest BCUT2D eigenvalue weighted by atomic mass is 16.5. The number of ether oxygens (including phenoxy) is 5. The summed E-state index contributed by atoms with van der Waals surface area (Å²) in [6, 6.07) is 39.4. The molecule has 3 N–H and O–H groups in total. The van der Waals surface area contributed by atoms with Crippen molar-refractivity contribution in [2.75, 3.05) is 48.6 Å². The van der Waals surface area contributed by atoms with Gasteiger partial charge in [0.2, 0.25) is 0 Å². The molecule has 12 nitrogen and oxygen atoms in total.